The Bertz CT molecular complexity index is 857. The van der Waals surface area contributed by atoms with Gasteiger partial charge in [0.05, 0.1) is 5.52 Å². The number of aromatic amines is 1. The van der Waals surface area contributed by atoms with E-state index in [-0.39, 0.29) is 5.97 Å². The molecule has 1 aromatic carbocycles. The molecule has 2 aromatic heterocycles. The minimum atomic E-state index is -0.399. The molecule has 0 saturated carbocycles. The Morgan fingerprint density at radius 1 is 1.26 bits per heavy atom. The van der Waals surface area contributed by atoms with Crippen LogP contribution in [0.15, 0.2) is 33.5 Å². The van der Waals surface area contributed by atoms with Crippen molar-refractivity contribution in [3.63, 3.8) is 0 Å². The summed E-state index contributed by atoms with van der Waals surface area (Å²) in [5.74, 6) is 0.606. The summed E-state index contributed by atoms with van der Waals surface area (Å²) >= 11 is 0. The molecule has 19 heavy (non-hydrogen) atoms. The fraction of sp³-hybridized carbons (Fsp3) is 0.143. The van der Waals surface area contributed by atoms with E-state index in [1.165, 1.54) is 13.0 Å². The van der Waals surface area contributed by atoms with Crippen LogP contribution in [0.4, 0.5) is 0 Å². The molecule has 0 aliphatic heterocycles. The van der Waals surface area contributed by atoms with Crippen LogP contribution in [0, 0.1) is 6.92 Å². The highest BCUT2D eigenvalue weighted by Gasteiger charge is 2.10. The number of aromatic nitrogens is 1. The van der Waals surface area contributed by atoms with Gasteiger partial charge in [0, 0.05) is 29.3 Å². The van der Waals surface area contributed by atoms with Crippen LogP contribution in [0.25, 0.3) is 21.8 Å². The topological polar surface area (TPSA) is 72.3 Å². The molecule has 5 nitrogen and oxygen atoms in total. The number of esters is 1. The van der Waals surface area contributed by atoms with Gasteiger partial charge in [-0.3, -0.25) is 4.79 Å². The summed E-state index contributed by atoms with van der Waals surface area (Å²) in [6.45, 7) is 3.07. The normalized spacial score (nSPS) is 11.1. The van der Waals surface area contributed by atoms with E-state index in [1.54, 1.807) is 25.1 Å². The van der Waals surface area contributed by atoms with Crippen LogP contribution in [0.3, 0.4) is 0 Å². The average molecular weight is 257 g/mol. The first-order chi connectivity index (χ1) is 9.04. The summed E-state index contributed by atoms with van der Waals surface area (Å²) in [4.78, 5) is 25.6. The van der Waals surface area contributed by atoms with Crippen LogP contribution in [-0.4, -0.2) is 11.0 Å². The zero-order chi connectivity index (χ0) is 13.6. The van der Waals surface area contributed by atoms with E-state index in [1.807, 2.05) is 0 Å². The quantitative estimate of drug-likeness (QED) is 0.537. The number of hydrogen-bond donors (Lipinski definition) is 1. The lowest BCUT2D eigenvalue weighted by Gasteiger charge is -2.00. The molecule has 0 amide bonds. The van der Waals surface area contributed by atoms with Gasteiger partial charge in [0.15, 0.2) is 0 Å². The largest absolute Gasteiger partial charge is 0.427 e. The molecule has 0 atom stereocenters. The van der Waals surface area contributed by atoms with Crippen molar-refractivity contribution in [1.82, 2.24) is 4.98 Å². The molecule has 0 fully saturated rings. The van der Waals surface area contributed by atoms with Gasteiger partial charge in [0.25, 0.3) is 0 Å². The van der Waals surface area contributed by atoms with Crippen LogP contribution >= 0.6 is 0 Å². The van der Waals surface area contributed by atoms with E-state index >= 15 is 0 Å². The Morgan fingerprint density at radius 3 is 2.79 bits per heavy atom. The van der Waals surface area contributed by atoms with E-state index in [0.29, 0.717) is 11.5 Å². The number of carbonyl (C=O) groups is 1. The fourth-order valence-electron chi connectivity index (χ4n) is 2.20. The van der Waals surface area contributed by atoms with E-state index < -0.39 is 5.63 Å². The van der Waals surface area contributed by atoms with Crippen molar-refractivity contribution in [2.75, 3.05) is 0 Å². The molecule has 2 heterocycles. The summed E-state index contributed by atoms with van der Waals surface area (Å²) in [7, 11) is 0. The molecule has 5 heteroatoms. The summed E-state index contributed by atoms with van der Waals surface area (Å²) in [5.41, 5.74) is 1.23. The maximum Gasteiger partial charge on any atom is 0.336 e. The maximum absolute atomic E-state index is 11.4. The van der Waals surface area contributed by atoms with Crippen LogP contribution in [0.5, 0.6) is 5.75 Å². The molecule has 0 unspecified atom stereocenters. The van der Waals surface area contributed by atoms with E-state index in [2.05, 4.69) is 4.98 Å². The van der Waals surface area contributed by atoms with Gasteiger partial charge >= 0.3 is 11.6 Å². The van der Waals surface area contributed by atoms with Crippen LogP contribution in [0.1, 0.15) is 12.7 Å². The first-order valence-electron chi connectivity index (χ1n) is 5.79. The Balaban J connectivity index is 2.34. The molecule has 96 valence electrons. The molecule has 0 spiro atoms. The Hall–Kier alpha value is -2.56. The molecule has 1 N–H and O–H groups in total. The Labute approximate surface area is 107 Å². The molecular weight excluding hydrogens is 246 g/mol. The standard InChI is InChI=1S/C14H11NO4/c1-7-14-11(6-13(17)18-7)10-5-9(19-8(2)16)3-4-12(10)15-14/h3-6,15H,1-2H3. The van der Waals surface area contributed by atoms with Gasteiger partial charge < -0.3 is 14.1 Å². The van der Waals surface area contributed by atoms with Crippen molar-refractivity contribution in [3.05, 3.63) is 40.4 Å². The SMILES string of the molecule is CC(=O)Oc1ccc2[nH]c3c(C)oc(=O)cc3c2c1. The fourth-order valence-corrected chi connectivity index (χ4v) is 2.20. The lowest BCUT2D eigenvalue weighted by Crippen LogP contribution is -2.00. The van der Waals surface area contributed by atoms with Gasteiger partial charge in [-0.25, -0.2) is 4.79 Å². The molecule has 0 aliphatic rings. The third-order valence-corrected chi connectivity index (χ3v) is 2.94. The highest BCUT2D eigenvalue weighted by atomic mass is 16.5. The second kappa shape index (κ2) is 3.98. The van der Waals surface area contributed by atoms with Crippen molar-refractivity contribution >= 4 is 27.8 Å². The number of fused-ring (bicyclic) bond motifs is 3. The molecule has 3 aromatic rings. The third-order valence-electron chi connectivity index (χ3n) is 2.94. The summed E-state index contributed by atoms with van der Waals surface area (Å²) in [6.07, 6.45) is 0. The number of rotatable bonds is 1. The summed E-state index contributed by atoms with van der Waals surface area (Å²) < 4.78 is 10.1. The molecular formula is C14H11NO4. The lowest BCUT2D eigenvalue weighted by molar-refractivity contribution is -0.131. The van der Waals surface area contributed by atoms with Crippen LogP contribution in [-0.2, 0) is 4.79 Å². The van der Waals surface area contributed by atoms with Gasteiger partial charge in [-0.2, -0.15) is 0 Å². The summed E-state index contributed by atoms with van der Waals surface area (Å²) in [5, 5.41) is 1.59. The van der Waals surface area contributed by atoms with Gasteiger partial charge in [0.1, 0.15) is 11.5 Å². The number of carbonyl (C=O) groups excluding carboxylic acids is 1. The maximum atomic E-state index is 11.4. The second-order valence-corrected chi connectivity index (χ2v) is 4.34. The number of hydrogen-bond acceptors (Lipinski definition) is 4. The predicted octanol–water partition coefficient (Wildman–Crippen LogP) is 2.51. The predicted molar refractivity (Wildman–Crippen MR) is 70.4 cm³/mol. The van der Waals surface area contributed by atoms with Gasteiger partial charge in [-0.15, -0.1) is 0 Å². The zero-order valence-electron chi connectivity index (χ0n) is 10.4. The van der Waals surface area contributed by atoms with Crippen LogP contribution < -0.4 is 10.4 Å². The second-order valence-electron chi connectivity index (χ2n) is 4.34. The van der Waals surface area contributed by atoms with Gasteiger partial charge in [-0.05, 0) is 25.1 Å². The number of nitrogens with one attached hydrogen (secondary N) is 1. The van der Waals surface area contributed by atoms with Crippen LogP contribution in [0.2, 0.25) is 0 Å². The zero-order valence-corrected chi connectivity index (χ0v) is 10.4. The van der Waals surface area contributed by atoms with Gasteiger partial charge in [0.2, 0.25) is 0 Å². The molecule has 0 radical (unpaired) electrons. The Kier molecular flexibility index (Phi) is 2.41. The minimum Gasteiger partial charge on any atom is -0.427 e. The van der Waals surface area contributed by atoms with Crippen molar-refractivity contribution < 1.29 is 13.9 Å². The highest BCUT2D eigenvalue weighted by Crippen LogP contribution is 2.29. The number of H-pyrrole nitrogens is 1. The first-order valence-corrected chi connectivity index (χ1v) is 5.79. The van der Waals surface area contributed by atoms with E-state index in [9.17, 15) is 9.59 Å². The average Bonchev–Trinajstić information content (AvgIpc) is 2.67. The van der Waals surface area contributed by atoms with Crippen molar-refractivity contribution in [1.29, 1.82) is 0 Å². The smallest absolute Gasteiger partial charge is 0.336 e. The minimum absolute atomic E-state index is 0.380. The number of ether oxygens (including phenoxy) is 1. The third kappa shape index (κ3) is 1.89. The van der Waals surface area contributed by atoms with Crippen molar-refractivity contribution in [2.45, 2.75) is 13.8 Å². The molecule has 0 bridgehead atoms. The highest BCUT2D eigenvalue weighted by molar-refractivity contribution is 6.08. The summed E-state index contributed by atoms with van der Waals surface area (Å²) in [6, 6.07) is 6.66. The van der Waals surface area contributed by atoms with Gasteiger partial charge in [-0.1, -0.05) is 0 Å². The van der Waals surface area contributed by atoms with E-state index in [0.717, 1.165) is 21.8 Å². The van der Waals surface area contributed by atoms with E-state index in [4.69, 9.17) is 9.15 Å². The monoisotopic (exact) mass is 257 g/mol. The van der Waals surface area contributed by atoms with Crippen molar-refractivity contribution in [3.8, 4) is 5.75 Å². The number of aryl methyl sites for hydroxylation is 1. The lowest BCUT2D eigenvalue weighted by atomic mass is 10.2. The molecule has 0 saturated heterocycles. The molecule has 0 aliphatic carbocycles. The Morgan fingerprint density at radius 2 is 2.05 bits per heavy atom. The van der Waals surface area contributed by atoms with Crippen molar-refractivity contribution in [2.24, 2.45) is 0 Å². The molecule has 3 rings (SSSR count). The first kappa shape index (κ1) is 11.5. The number of benzene rings is 1.